The molecule has 2 rings (SSSR count). The van der Waals surface area contributed by atoms with Crippen LogP contribution >= 0.6 is 0 Å². The number of carbonyl (C=O) groups excluding carboxylic acids is 1. The highest BCUT2D eigenvalue weighted by Crippen LogP contribution is 2.29. The fourth-order valence-corrected chi connectivity index (χ4v) is 3.04. The van der Waals surface area contributed by atoms with Crippen LogP contribution in [0, 0.1) is 25.7 Å². The number of rotatable bonds is 3. The van der Waals surface area contributed by atoms with Crippen molar-refractivity contribution in [3.05, 3.63) is 11.4 Å². The van der Waals surface area contributed by atoms with Crippen molar-refractivity contribution in [1.82, 2.24) is 15.1 Å². The Kier molecular flexibility index (Phi) is 4.35. The number of anilines is 1. The van der Waals surface area contributed by atoms with Crippen molar-refractivity contribution in [3.63, 3.8) is 0 Å². The molecule has 1 aliphatic rings. The van der Waals surface area contributed by atoms with Gasteiger partial charge in [-0.3, -0.25) is 9.48 Å². The summed E-state index contributed by atoms with van der Waals surface area (Å²) in [5.41, 5.74) is 8.22. The monoisotopic (exact) mass is 278 g/mol. The van der Waals surface area contributed by atoms with Crippen molar-refractivity contribution in [2.75, 3.05) is 5.73 Å². The summed E-state index contributed by atoms with van der Waals surface area (Å²) in [6.45, 7) is 8.51. The van der Waals surface area contributed by atoms with E-state index in [1.165, 1.54) is 12.8 Å². The molecule has 1 aliphatic carbocycles. The second-order valence-corrected chi connectivity index (χ2v) is 6.18. The van der Waals surface area contributed by atoms with E-state index in [0.717, 1.165) is 17.8 Å². The normalized spacial score (nSPS) is 26.5. The van der Waals surface area contributed by atoms with E-state index in [2.05, 4.69) is 24.3 Å². The molecule has 0 bridgehead atoms. The third-order valence-corrected chi connectivity index (χ3v) is 4.78. The quantitative estimate of drug-likeness (QED) is 0.888. The Morgan fingerprint density at radius 1 is 1.40 bits per heavy atom. The number of carbonyl (C=O) groups is 1. The van der Waals surface area contributed by atoms with Crippen molar-refractivity contribution in [3.8, 4) is 0 Å². The van der Waals surface area contributed by atoms with Crippen LogP contribution < -0.4 is 11.1 Å². The highest BCUT2D eigenvalue weighted by molar-refractivity contribution is 5.76. The Balaban J connectivity index is 1.97. The summed E-state index contributed by atoms with van der Waals surface area (Å²) in [6.07, 6.45) is 3.54. The van der Waals surface area contributed by atoms with E-state index in [1.807, 2.05) is 13.8 Å². The maximum atomic E-state index is 12.2. The summed E-state index contributed by atoms with van der Waals surface area (Å²) in [7, 11) is 0. The molecule has 112 valence electrons. The molecule has 0 aromatic carbocycles. The predicted octanol–water partition coefficient (Wildman–Crippen LogP) is 2.02. The van der Waals surface area contributed by atoms with Crippen molar-refractivity contribution >= 4 is 11.6 Å². The highest BCUT2D eigenvalue weighted by atomic mass is 16.2. The summed E-state index contributed by atoms with van der Waals surface area (Å²) < 4.78 is 1.69. The minimum absolute atomic E-state index is 0.0292. The zero-order valence-electron chi connectivity index (χ0n) is 12.9. The Labute approximate surface area is 120 Å². The molecule has 3 atom stereocenters. The van der Waals surface area contributed by atoms with E-state index in [9.17, 15) is 4.79 Å². The van der Waals surface area contributed by atoms with Crippen LogP contribution in [-0.4, -0.2) is 21.7 Å². The third kappa shape index (κ3) is 2.97. The third-order valence-electron chi connectivity index (χ3n) is 4.78. The van der Waals surface area contributed by atoms with E-state index in [-0.39, 0.29) is 12.5 Å². The van der Waals surface area contributed by atoms with Gasteiger partial charge in [0, 0.05) is 6.04 Å². The van der Waals surface area contributed by atoms with Crippen LogP contribution in [0.1, 0.15) is 44.5 Å². The highest BCUT2D eigenvalue weighted by Gasteiger charge is 2.28. The van der Waals surface area contributed by atoms with Crippen molar-refractivity contribution < 1.29 is 4.79 Å². The van der Waals surface area contributed by atoms with Gasteiger partial charge in [0.25, 0.3) is 0 Å². The molecule has 1 saturated carbocycles. The summed E-state index contributed by atoms with van der Waals surface area (Å²) in [4.78, 5) is 12.2. The largest absolute Gasteiger partial charge is 0.396 e. The van der Waals surface area contributed by atoms with Crippen molar-refractivity contribution in [2.45, 2.75) is 59.5 Å². The molecule has 5 nitrogen and oxygen atoms in total. The molecule has 3 N–H and O–H groups in total. The minimum atomic E-state index is 0.0292. The first-order chi connectivity index (χ1) is 9.40. The first-order valence-electron chi connectivity index (χ1n) is 7.49. The Hall–Kier alpha value is -1.52. The maximum Gasteiger partial charge on any atom is 0.241 e. The second-order valence-electron chi connectivity index (χ2n) is 6.18. The SMILES string of the molecule is Cc1nn(CC(=O)NC2CCCC(C)C2C)c(C)c1N. The van der Waals surface area contributed by atoms with Gasteiger partial charge in [0.15, 0.2) is 0 Å². The standard InChI is InChI=1S/C15H26N4O/c1-9-6-5-7-13(10(9)2)17-14(20)8-19-12(4)15(16)11(3)18-19/h9-10,13H,5-8,16H2,1-4H3,(H,17,20). The number of nitrogens with one attached hydrogen (secondary N) is 1. The number of amides is 1. The van der Waals surface area contributed by atoms with Crippen LogP contribution in [0.15, 0.2) is 0 Å². The number of aromatic nitrogens is 2. The summed E-state index contributed by atoms with van der Waals surface area (Å²) >= 11 is 0. The molecule has 0 aliphatic heterocycles. The molecular weight excluding hydrogens is 252 g/mol. The molecule has 0 radical (unpaired) electrons. The number of aryl methyl sites for hydroxylation is 1. The first-order valence-corrected chi connectivity index (χ1v) is 7.49. The fraction of sp³-hybridized carbons (Fsp3) is 0.733. The molecule has 1 amide bonds. The first kappa shape index (κ1) is 14.9. The Morgan fingerprint density at radius 2 is 2.10 bits per heavy atom. The Bertz CT molecular complexity index is 494. The fourth-order valence-electron chi connectivity index (χ4n) is 3.04. The summed E-state index contributed by atoms with van der Waals surface area (Å²) in [6, 6.07) is 0.292. The number of hydrogen-bond donors (Lipinski definition) is 2. The molecule has 20 heavy (non-hydrogen) atoms. The molecule has 1 heterocycles. The second kappa shape index (κ2) is 5.85. The molecule has 0 saturated heterocycles. The van der Waals surface area contributed by atoms with Gasteiger partial charge < -0.3 is 11.1 Å². The molecule has 1 aromatic heterocycles. The van der Waals surface area contributed by atoms with Gasteiger partial charge >= 0.3 is 0 Å². The smallest absolute Gasteiger partial charge is 0.241 e. The average Bonchev–Trinajstić information content (AvgIpc) is 2.63. The average molecular weight is 278 g/mol. The molecule has 3 unspecified atom stereocenters. The van der Waals surface area contributed by atoms with Crippen LogP contribution in [0.2, 0.25) is 0 Å². The topological polar surface area (TPSA) is 72.9 Å². The summed E-state index contributed by atoms with van der Waals surface area (Å²) in [5, 5.41) is 7.47. The van der Waals surface area contributed by atoms with E-state index >= 15 is 0 Å². The Morgan fingerprint density at radius 3 is 2.70 bits per heavy atom. The van der Waals surface area contributed by atoms with E-state index < -0.39 is 0 Å². The molecule has 1 fully saturated rings. The molecule has 5 heteroatoms. The summed E-state index contributed by atoms with van der Waals surface area (Å²) in [5.74, 6) is 1.25. The van der Waals surface area contributed by atoms with Gasteiger partial charge in [-0.25, -0.2) is 0 Å². The number of nitrogen functional groups attached to an aromatic ring is 1. The van der Waals surface area contributed by atoms with Gasteiger partial charge in [0.1, 0.15) is 6.54 Å². The van der Waals surface area contributed by atoms with Crippen molar-refractivity contribution in [1.29, 1.82) is 0 Å². The van der Waals surface area contributed by atoms with Crippen LogP contribution in [0.5, 0.6) is 0 Å². The van der Waals surface area contributed by atoms with Crippen LogP contribution in [-0.2, 0) is 11.3 Å². The minimum Gasteiger partial charge on any atom is -0.396 e. The van der Waals surface area contributed by atoms with Gasteiger partial charge in [0.2, 0.25) is 5.91 Å². The van der Waals surface area contributed by atoms with Gasteiger partial charge in [-0.1, -0.05) is 26.7 Å². The van der Waals surface area contributed by atoms with Gasteiger partial charge in [-0.15, -0.1) is 0 Å². The van der Waals surface area contributed by atoms with Crippen LogP contribution in [0.25, 0.3) is 0 Å². The lowest BCUT2D eigenvalue weighted by Gasteiger charge is -2.34. The molecule has 0 spiro atoms. The zero-order chi connectivity index (χ0) is 14.9. The van der Waals surface area contributed by atoms with Crippen LogP contribution in [0.3, 0.4) is 0 Å². The molecular formula is C15H26N4O. The van der Waals surface area contributed by atoms with Crippen molar-refractivity contribution in [2.24, 2.45) is 11.8 Å². The maximum absolute atomic E-state index is 12.2. The lowest BCUT2D eigenvalue weighted by Crippen LogP contribution is -2.45. The van der Waals surface area contributed by atoms with Crippen LogP contribution in [0.4, 0.5) is 5.69 Å². The number of nitrogens with zero attached hydrogens (tertiary/aromatic N) is 2. The number of hydrogen-bond acceptors (Lipinski definition) is 3. The van der Waals surface area contributed by atoms with Gasteiger partial charge in [-0.05, 0) is 32.1 Å². The number of nitrogens with two attached hydrogens (primary N) is 1. The van der Waals surface area contributed by atoms with E-state index in [1.54, 1.807) is 4.68 Å². The van der Waals surface area contributed by atoms with Gasteiger partial charge in [-0.2, -0.15) is 5.10 Å². The zero-order valence-corrected chi connectivity index (χ0v) is 12.9. The molecule has 1 aromatic rings. The van der Waals surface area contributed by atoms with E-state index in [4.69, 9.17) is 5.73 Å². The lowest BCUT2D eigenvalue weighted by molar-refractivity contribution is -0.123. The lowest BCUT2D eigenvalue weighted by atomic mass is 9.78. The van der Waals surface area contributed by atoms with E-state index in [0.29, 0.717) is 23.6 Å². The van der Waals surface area contributed by atoms with Gasteiger partial charge in [0.05, 0.1) is 17.1 Å². The predicted molar refractivity (Wildman–Crippen MR) is 80.2 cm³/mol.